The van der Waals surface area contributed by atoms with Crippen LogP contribution in [0, 0.1) is 6.92 Å². The van der Waals surface area contributed by atoms with Crippen molar-refractivity contribution in [1.29, 1.82) is 0 Å². The third-order valence-corrected chi connectivity index (χ3v) is 5.35. The summed E-state index contributed by atoms with van der Waals surface area (Å²) >= 11 is 7.33. The van der Waals surface area contributed by atoms with Gasteiger partial charge in [0.25, 0.3) is 0 Å². The number of nitrogens with one attached hydrogen (secondary N) is 1. The van der Waals surface area contributed by atoms with Crippen molar-refractivity contribution in [1.82, 2.24) is 14.9 Å². The van der Waals surface area contributed by atoms with Crippen molar-refractivity contribution in [2.45, 2.75) is 30.8 Å². The standard InChI is InChI=1S/C20H20ClN3OS/c1-14-5-3-4-6-18(14)24-12-11-22-20(24)26-15(2)19(25)23-13-16-7-9-17(21)10-8-16/h3-12,15H,13H2,1-2H3,(H,23,25). The molecule has 0 bridgehead atoms. The van der Waals surface area contributed by atoms with E-state index in [1.807, 2.05) is 60.2 Å². The lowest BCUT2D eigenvalue weighted by Gasteiger charge is -2.14. The van der Waals surface area contributed by atoms with E-state index < -0.39 is 0 Å². The highest BCUT2D eigenvalue weighted by atomic mass is 35.5. The van der Waals surface area contributed by atoms with E-state index in [1.54, 1.807) is 6.20 Å². The van der Waals surface area contributed by atoms with E-state index in [9.17, 15) is 4.79 Å². The summed E-state index contributed by atoms with van der Waals surface area (Å²) in [5.41, 5.74) is 3.25. The van der Waals surface area contributed by atoms with Crippen LogP contribution in [0.1, 0.15) is 18.1 Å². The number of hydrogen-bond donors (Lipinski definition) is 1. The summed E-state index contributed by atoms with van der Waals surface area (Å²) in [5.74, 6) is -0.0238. The predicted octanol–water partition coefficient (Wildman–Crippen LogP) is 4.63. The molecule has 3 aromatic rings. The van der Waals surface area contributed by atoms with Crippen LogP contribution >= 0.6 is 23.4 Å². The quantitative estimate of drug-likeness (QED) is 0.629. The molecule has 4 nitrogen and oxygen atoms in total. The van der Waals surface area contributed by atoms with Gasteiger partial charge in [0.2, 0.25) is 5.91 Å². The van der Waals surface area contributed by atoms with Crippen LogP contribution < -0.4 is 5.32 Å². The van der Waals surface area contributed by atoms with Gasteiger partial charge in [0, 0.05) is 24.0 Å². The molecular formula is C20H20ClN3OS. The van der Waals surface area contributed by atoms with Crippen LogP contribution in [-0.2, 0) is 11.3 Å². The van der Waals surface area contributed by atoms with Gasteiger partial charge in [-0.15, -0.1) is 0 Å². The maximum absolute atomic E-state index is 12.4. The van der Waals surface area contributed by atoms with E-state index in [2.05, 4.69) is 23.3 Å². The van der Waals surface area contributed by atoms with Crippen LogP contribution in [0.25, 0.3) is 5.69 Å². The van der Waals surface area contributed by atoms with Gasteiger partial charge in [-0.1, -0.05) is 53.7 Å². The molecule has 1 unspecified atom stereocenters. The van der Waals surface area contributed by atoms with E-state index in [0.717, 1.165) is 22.0 Å². The summed E-state index contributed by atoms with van der Waals surface area (Å²) in [7, 11) is 0. The number of amides is 1. The maximum atomic E-state index is 12.4. The van der Waals surface area contributed by atoms with Crippen LogP contribution in [0.2, 0.25) is 5.02 Å². The van der Waals surface area contributed by atoms with Crippen LogP contribution in [0.5, 0.6) is 0 Å². The first-order valence-electron chi connectivity index (χ1n) is 8.33. The van der Waals surface area contributed by atoms with Crippen molar-refractivity contribution < 1.29 is 4.79 Å². The molecule has 2 aromatic carbocycles. The Labute approximate surface area is 162 Å². The topological polar surface area (TPSA) is 46.9 Å². The molecule has 1 atom stereocenters. The summed E-state index contributed by atoms with van der Waals surface area (Å²) in [5, 5.41) is 4.19. The molecule has 1 heterocycles. The summed E-state index contributed by atoms with van der Waals surface area (Å²) in [6.07, 6.45) is 3.68. The number of imidazole rings is 1. The van der Waals surface area contributed by atoms with E-state index >= 15 is 0 Å². The summed E-state index contributed by atoms with van der Waals surface area (Å²) in [4.78, 5) is 16.8. The number of halogens is 1. The lowest BCUT2D eigenvalue weighted by molar-refractivity contribution is -0.120. The van der Waals surface area contributed by atoms with Gasteiger partial charge < -0.3 is 5.32 Å². The van der Waals surface area contributed by atoms with Gasteiger partial charge >= 0.3 is 0 Å². The molecule has 0 aliphatic heterocycles. The number of nitrogens with zero attached hydrogens (tertiary/aromatic N) is 2. The third kappa shape index (κ3) is 4.48. The van der Waals surface area contributed by atoms with Crippen molar-refractivity contribution in [2.24, 2.45) is 0 Å². The zero-order valence-corrected chi connectivity index (χ0v) is 16.2. The van der Waals surface area contributed by atoms with Crippen molar-refractivity contribution >= 4 is 29.3 Å². The molecule has 1 aromatic heterocycles. The Balaban J connectivity index is 1.64. The molecule has 26 heavy (non-hydrogen) atoms. The second-order valence-electron chi connectivity index (χ2n) is 5.97. The highest BCUT2D eigenvalue weighted by Crippen LogP contribution is 2.26. The lowest BCUT2D eigenvalue weighted by Crippen LogP contribution is -2.30. The smallest absolute Gasteiger partial charge is 0.233 e. The highest BCUT2D eigenvalue weighted by Gasteiger charge is 2.18. The second-order valence-corrected chi connectivity index (χ2v) is 7.72. The number of aromatic nitrogens is 2. The Morgan fingerprint density at radius 1 is 1.23 bits per heavy atom. The summed E-state index contributed by atoms with van der Waals surface area (Å²) in [6.45, 7) is 4.43. The fourth-order valence-corrected chi connectivity index (χ4v) is 3.57. The summed E-state index contributed by atoms with van der Waals surface area (Å²) < 4.78 is 2.02. The van der Waals surface area contributed by atoms with E-state index in [4.69, 9.17) is 11.6 Å². The molecule has 3 rings (SSSR count). The van der Waals surface area contributed by atoms with Gasteiger partial charge in [-0.25, -0.2) is 4.98 Å². The van der Waals surface area contributed by atoms with Crippen LogP contribution in [0.4, 0.5) is 0 Å². The minimum absolute atomic E-state index is 0.0238. The maximum Gasteiger partial charge on any atom is 0.233 e. The average Bonchev–Trinajstić information content (AvgIpc) is 3.09. The van der Waals surface area contributed by atoms with Crippen LogP contribution in [0.15, 0.2) is 66.1 Å². The molecule has 0 saturated carbocycles. The third-order valence-electron chi connectivity index (χ3n) is 4.01. The fourth-order valence-electron chi connectivity index (χ4n) is 2.54. The number of benzene rings is 2. The molecule has 6 heteroatoms. The van der Waals surface area contributed by atoms with Gasteiger partial charge in [0.15, 0.2) is 5.16 Å². The van der Waals surface area contributed by atoms with Crippen LogP contribution in [0.3, 0.4) is 0 Å². The van der Waals surface area contributed by atoms with Gasteiger partial charge in [-0.3, -0.25) is 9.36 Å². The molecule has 1 N–H and O–H groups in total. The van der Waals surface area contributed by atoms with E-state index in [1.165, 1.54) is 11.8 Å². The highest BCUT2D eigenvalue weighted by molar-refractivity contribution is 8.00. The van der Waals surface area contributed by atoms with Gasteiger partial charge in [-0.05, 0) is 43.2 Å². The Hall–Kier alpha value is -2.24. The van der Waals surface area contributed by atoms with Gasteiger partial charge in [0.05, 0.1) is 10.9 Å². The molecule has 1 amide bonds. The predicted molar refractivity (Wildman–Crippen MR) is 107 cm³/mol. The van der Waals surface area contributed by atoms with Crippen molar-refractivity contribution in [2.75, 3.05) is 0 Å². The van der Waals surface area contributed by atoms with E-state index in [0.29, 0.717) is 11.6 Å². The number of carbonyl (C=O) groups excluding carboxylic acids is 1. The number of hydrogen-bond acceptors (Lipinski definition) is 3. The Kier molecular flexibility index (Phi) is 6.01. The molecule has 134 valence electrons. The van der Waals surface area contributed by atoms with E-state index in [-0.39, 0.29) is 11.2 Å². The van der Waals surface area contributed by atoms with Crippen molar-refractivity contribution in [3.05, 3.63) is 77.1 Å². The minimum Gasteiger partial charge on any atom is -0.351 e. The normalized spacial score (nSPS) is 12.0. The molecule has 0 radical (unpaired) electrons. The second kappa shape index (κ2) is 8.43. The number of para-hydroxylation sites is 1. The summed E-state index contributed by atoms with van der Waals surface area (Å²) in [6, 6.07) is 15.6. The monoisotopic (exact) mass is 385 g/mol. The Morgan fingerprint density at radius 3 is 2.69 bits per heavy atom. The SMILES string of the molecule is Cc1ccccc1-n1ccnc1SC(C)C(=O)NCc1ccc(Cl)cc1. The average molecular weight is 386 g/mol. The zero-order valence-electron chi connectivity index (χ0n) is 14.6. The Bertz CT molecular complexity index is 892. The molecular weight excluding hydrogens is 366 g/mol. The number of rotatable bonds is 6. The van der Waals surface area contributed by atoms with Crippen molar-refractivity contribution in [3.63, 3.8) is 0 Å². The van der Waals surface area contributed by atoms with Crippen molar-refractivity contribution in [3.8, 4) is 5.69 Å². The lowest BCUT2D eigenvalue weighted by atomic mass is 10.2. The number of carbonyl (C=O) groups is 1. The van der Waals surface area contributed by atoms with Crippen LogP contribution in [-0.4, -0.2) is 20.7 Å². The number of thioether (sulfide) groups is 1. The molecule has 0 saturated heterocycles. The minimum atomic E-state index is -0.257. The molecule has 0 spiro atoms. The molecule has 0 aliphatic carbocycles. The molecule has 0 aliphatic rings. The first kappa shape index (κ1) is 18.5. The first-order valence-corrected chi connectivity index (χ1v) is 9.58. The largest absolute Gasteiger partial charge is 0.351 e. The zero-order chi connectivity index (χ0) is 18.5. The Morgan fingerprint density at radius 2 is 1.96 bits per heavy atom. The van der Waals surface area contributed by atoms with Gasteiger partial charge in [0.1, 0.15) is 0 Å². The fraction of sp³-hybridized carbons (Fsp3) is 0.200. The first-order chi connectivity index (χ1) is 12.5. The van der Waals surface area contributed by atoms with Gasteiger partial charge in [-0.2, -0.15) is 0 Å². The number of aryl methyl sites for hydroxylation is 1. The molecule has 0 fully saturated rings.